The number of esters is 1. The highest BCUT2D eigenvalue weighted by molar-refractivity contribution is 7.98. The highest BCUT2D eigenvalue weighted by Crippen LogP contribution is 2.16. The molecule has 1 aromatic heterocycles. The normalized spacial score (nSPS) is 11.6. The molecule has 0 aromatic carbocycles. The minimum Gasteiger partial charge on any atom is -0.454 e. The molecule has 19 heavy (non-hydrogen) atoms. The van der Waals surface area contributed by atoms with E-state index in [2.05, 4.69) is 28.1 Å². The van der Waals surface area contributed by atoms with Gasteiger partial charge < -0.3 is 13.6 Å². The molecular formula is C14H24NO3S+. The van der Waals surface area contributed by atoms with Crippen molar-refractivity contribution in [2.75, 3.05) is 40.0 Å². The zero-order valence-electron chi connectivity index (χ0n) is 12.3. The van der Waals surface area contributed by atoms with E-state index >= 15 is 0 Å². The van der Waals surface area contributed by atoms with E-state index in [1.807, 2.05) is 6.07 Å². The van der Waals surface area contributed by atoms with Gasteiger partial charge >= 0.3 is 5.97 Å². The standard InChI is InChI=1S/C14H24NO3S/c1-5-10-19-11-12-6-7-13(18-12)14(16)17-9-8-15(2,3)4/h6-7H,5,8-11H2,1-4H3/q+1. The number of furan rings is 1. The van der Waals surface area contributed by atoms with Gasteiger partial charge in [0.25, 0.3) is 0 Å². The first-order valence-electron chi connectivity index (χ1n) is 6.56. The Balaban J connectivity index is 2.36. The molecule has 0 fully saturated rings. The third-order valence-corrected chi connectivity index (χ3v) is 3.64. The van der Waals surface area contributed by atoms with E-state index in [4.69, 9.17) is 9.15 Å². The first kappa shape index (κ1) is 16.1. The van der Waals surface area contributed by atoms with Gasteiger partial charge in [0.15, 0.2) is 0 Å². The molecule has 0 bridgehead atoms. The summed E-state index contributed by atoms with van der Waals surface area (Å²) in [7, 11) is 6.18. The number of carbonyl (C=O) groups is 1. The number of hydrogen-bond acceptors (Lipinski definition) is 4. The Morgan fingerprint density at radius 1 is 1.37 bits per heavy atom. The van der Waals surface area contributed by atoms with Crippen molar-refractivity contribution >= 4 is 17.7 Å². The van der Waals surface area contributed by atoms with Crippen molar-refractivity contribution in [1.82, 2.24) is 0 Å². The Bertz CT molecular complexity index is 396. The molecule has 0 amide bonds. The maximum atomic E-state index is 11.7. The Morgan fingerprint density at radius 2 is 2.11 bits per heavy atom. The molecule has 0 N–H and O–H groups in total. The summed E-state index contributed by atoms with van der Waals surface area (Å²) in [4.78, 5) is 11.7. The van der Waals surface area contributed by atoms with E-state index in [1.165, 1.54) is 0 Å². The second-order valence-corrected chi connectivity index (χ2v) is 6.57. The number of likely N-dealkylation sites (N-methyl/N-ethyl adjacent to an activating group) is 1. The van der Waals surface area contributed by atoms with Gasteiger partial charge in [0.1, 0.15) is 18.9 Å². The molecule has 0 saturated carbocycles. The molecule has 108 valence electrons. The highest BCUT2D eigenvalue weighted by atomic mass is 32.2. The van der Waals surface area contributed by atoms with Crippen molar-refractivity contribution in [1.29, 1.82) is 0 Å². The average molecular weight is 286 g/mol. The molecule has 0 aliphatic carbocycles. The van der Waals surface area contributed by atoms with Crippen molar-refractivity contribution in [2.24, 2.45) is 0 Å². The number of rotatable bonds is 8. The largest absolute Gasteiger partial charge is 0.454 e. The molecule has 0 saturated heterocycles. The van der Waals surface area contributed by atoms with Crippen LogP contribution in [0.3, 0.4) is 0 Å². The van der Waals surface area contributed by atoms with Crippen molar-refractivity contribution in [3.05, 3.63) is 23.7 Å². The summed E-state index contributed by atoms with van der Waals surface area (Å²) in [6, 6.07) is 3.54. The Labute approximate surface area is 119 Å². The lowest BCUT2D eigenvalue weighted by Gasteiger charge is -2.23. The van der Waals surface area contributed by atoms with Crippen LogP contribution in [0, 0.1) is 0 Å². The molecule has 0 radical (unpaired) electrons. The molecule has 4 nitrogen and oxygen atoms in total. The second-order valence-electron chi connectivity index (χ2n) is 5.47. The minimum absolute atomic E-state index is 0.300. The summed E-state index contributed by atoms with van der Waals surface area (Å²) >= 11 is 1.80. The van der Waals surface area contributed by atoms with Gasteiger partial charge in [-0.3, -0.25) is 0 Å². The summed E-state index contributed by atoms with van der Waals surface area (Å²) in [6.45, 7) is 3.33. The topological polar surface area (TPSA) is 39.4 Å². The lowest BCUT2D eigenvalue weighted by molar-refractivity contribution is -0.870. The Morgan fingerprint density at radius 3 is 2.74 bits per heavy atom. The van der Waals surface area contributed by atoms with E-state index in [0.29, 0.717) is 12.4 Å². The fourth-order valence-corrected chi connectivity index (χ4v) is 2.15. The molecule has 0 atom stereocenters. The van der Waals surface area contributed by atoms with Crippen LogP contribution in [0.4, 0.5) is 0 Å². The summed E-state index contributed by atoms with van der Waals surface area (Å²) in [6.07, 6.45) is 1.14. The zero-order chi connectivity index (χ0) is 14.3. The Kier molecular flexibility index (Phi) is 6.45. The van der Waals surface area contributed by atoms with Crippen molar-refractivity contribution in [3.8, 4) is 0 Å². The van der Waals surface area contributed by atoms with Crippen LogP contribution in [0.25, 0.3) is 0 Å². The lowest BCUT2D eigenvalue weighted by Crippen LogP contribution is -2.37. The molecule has 0 aliphatic heterocycles. The van der Waals surface area contributed by atoms with Gasteiger partial charge in [-0.25, -0.2) is 4.79 Å². The van der Waals surface area contributed by atoms with Crippen LogP contribution in [0.5, 0.6) is 0 Å². The summed E-state index contributed by atoms with van der Waals surface area (Å²) < 4.78 is 11.4. The zero-order valence-corrected chi connectivity index (χ0v) is 13.1. The van der Waals surface area contributed by atoms with E-state index in [9.17, 15) is 4.79 Å². The number of thioether (sulfide) groups is 1. The van der Waals surface area contributed by atoms with Gasteiger partial charge in [-0.1, -0.05) is 6.92 Å². The van der Waals surface area contributed by atoms with Gasteiger partial charge in [0.05, 0.1) is 26.9 Å². The van der Waals surface area contributed by atoms with E-state index in [1.54, 1.807) is 17.8 Å². The molecule has 1 rings (SSSR count). The summed E-state index contributed by atoms with van der Waals surface area (Å²) in [5.74, 6) is 2.66. The van der Waals surface area contributed by atoms with Gasteiger partial charge in [-0.2, -0.15) is 11.8 Å². The number of carbonyl (C=O) groups excluding carboxylic acids is 1. The SMILES string of the molecule is CCCSCc1ccc(C(=O)OCC[N+](C)(C)C)o1. The second kappa shape index (κ2) is 7.60. The maximum absolute atomic E-state index is 11.7. The van der Waals surface area contributed by atoms with Crippen LogP contribution in [0.15, 0.2) is 16.5 Å². The van der Waals surface area contributed by atoms with Crippen molar-refractivity contribution in [3.63, 3.8) is 0 Å². The van der Waals surface area contributed by atoms with Crippen LogP contribution < -0.4 is 0 Å². The summed E-state index contributed by atoms with van der Waals surface area (Å²) in [5, 5.41) is 0. The lowest BCUT2D eigenvalue weighted by atomic mass is 10.4. The molecule has 0 aliphatic rings. The molecule has 0 spiro atoms. The minimum atomic E-state index is -0.375. The van der Waals surface area contributed by atoms with E-state index in [-0.39, 0.29) is 5.97 Å². The van der Waals surface area contributed by atoms with Gasteiger partial charge in [-0.05, 0) is 24.3 Å². The number of nitrogens with zero attached hydrogens (tertiary/aromatic N) is 1. The molecule has 5 heteroatoms. The molecule has 0 unspecified atom stereocenters. The van der Waals surface area contributed by atoms with Crippen LogP contribution in [0.2, 0.25) is 0 Å². The third kappa shape index (κ3) is 6.68. The first-order chi connectivity index (χ1) is 8.92. The highest BCUT2D eigenvalue weighted by Gasteiger charge is 2.14. The maximum Gasteiger partial charge on any atom is 0.374 e. The predicted molar refractivity (Wildman–Crippen MR) is 78.3 cm³/mol. The van der Waals surface area contributed by atoms with Crippen molar-refractivity contribution < 1.29 is 18.4 Å². The van der Waals surface area contributed by atoms with Crippen LogP contribution in [0.1, 0.15) is 29.7 Å². The predicted octanol–water partition coefficient (Wildman–Crippen LogP) is 2.79. The Hall–Kier alpha value is -0.940. The first-order valence-corrected chi connectivity index (χ1v) is 7.72. The van der Waals surface area contributed by atoms with E-state index < -0.39 is 0 Å². The quantitative estimate of drug-likeness (QED) is 0.418. The van der Waals surface area contributed by atoms with Crippen LogP contribution in [-0.4, -0.2) is 50.5 Å². The molecule has 1 heterocycles. The van der Waals surface area contributed by atoms with Gasteiger partial charge in [-0.15, -0.1) is 0 Å². The van der Waals surface area contributed by atoms with Crippen LogP contribution in [-0.2, 0) is 10.5 Å². The third-order valence-electron chi connectivity index (χ3n) is 2.45. The van der Waals surface area contributed by atoms with E-state index in [0.717, 1.165) is 34.7 Å². The number of ether oxygens (including phenoxy) is 1. The van der Waals surface area contributed by atoms with Gasteiger partial charge in [0.2, 0.25) is 5.76 Å². The average Bonchev–Trinajstić information content (AvgIpc) is 2.76. The molecular weight excluding hydrogens is 262 g/mol. The van der Waals surface area contributed by atoms with Gasteiger partial charge in [0, 0.05) is 0 Å². The monoisotopic (exact) mass is 286 g/mol. The smallest absolute Gasteiger partial charge is 0.374 e. The van der Waals surface area contributed by atoms with Crippen LogP contribution >= 0.6 is 11.8 Å². The number of quaternary nitrogens is 1. The fraction of sp³-hybridized carbons (Fsp3) is 0.643. The summed E-state index contributed by atoms with van der Waals surface area (Å²) in [5.41, 5.74) is 0. The number of hydrogen-bond donors (Lipinski definition) is 0. The van der Waals surface area contributed by atoms with Crippen molar-refractivity contribution in [2.45, 2.75) is 19.1 Å². The molecule has 1 aromatic rings. The fourth-order valence-electron chi connectivity index (χ4n) is 1.37.